The molecule has 1 aliphatic carbocycles. The van der Waals surface area contributed by atoms with Gasteiger partial charge in [0.15, 0.2) is 0 Å². The van der Waals surface area contributed by atoms with Crippen LogP contribution in [0.5, 0.6) is 0 Å². The molecule has 0 aromatic carbocycles. The van der Waals surface area contributed by atoms with Crippen LogP contribution >= 0.6 is 0 Å². The van der Waals surface area contributed by atoms with Crippen LogP contribution in [-0.2, 0) is 10.2 Å². The predicted octanol–water partition coefficient (Wildman–Crippen LogP) is 2.01. The highest BCUT2D eigenvalue weighted by Crippen LogP contribution is 2.24. The van der Waals surface area contributed by atoms with Gasteiger partial charge in [-0.1, -0.05) is 19.8 Å². The Morgan fingerprint density at radius 3 is 2.52 bits per heavy atom. The molecule has 1 saturated heterocycles. The van der Waals surface area contributed by atoms with Gasteiger partial charge in [0.2, 0.25) is 0 Å². The van der Waals surface area contributed by atoms with Gasteiger partial charge in [-0.2, -0.15) is 17.4 Å². The quantitative estimate of drug-likeness (QED) is 0.720. The summed E-state index contributed by atoms with van der Waals surface area (Å²) in [6.45, 7) is 7.46. The summed E-state index contributed by atoms with van der Waals surface area (Å²) in [5.41, 5.74) is -0.375. The van der Waals surface area contributed by atoms with Crippen molar-refractivity contribution in [3.63, 3.8) is 0 Å². The van der Waals surface area contributed by atoms with E-state index in [1.807, 2.05) is 13.8 Å². The molecule has 5 nitrogen and oxygen atoms in total. The zero-order valence-corrected chi connectivity index (χ0v) is 14.5. The molecule has 2 N–H and O–H groups in total. The lowest BCUT2D eigenvalue weighted by molar-refractivity contribution is 0.237. The van der Waals surface area contributed by atoms with Gasteiger partial charge in [-0.15, -0.1) is 0 Å². The minimum Gasteiger partial charge on any atom is -0.312 e. The minimum absolute atomic E-state index is 0.106. The summed E-state index contributed by atoms with van der Waals surface area (Å²) in [6, 6.07) is 0.732. The van der Waals surface area contributed by atoms with Crippen LogP contribution in [0.25, 0.3) is 0 Å². The summed E-state index contributed by atoms with van der Waals surface area (Å²) in [5, 5.41) is 3.48. The molecule has 6 heteroatoms. The maximum atomic E-state index is 12.7. The van der Waals surface area contributed by atoms with Crippen molar-refractivity contribution in [3.05, 3.63) is 0 Å². The summed E-state index contributed by atoms with van der Waals surface area (Å²) in [5.74, 6) is 0. The molecular formula is C15H31N3O2S. The van der Waals surface area contributed by atoms with Crippen LogP contribution in [0, 0.1) is 0 Å². The lowest BCUT2D eigenvalue weighted by Gasteiger charge is -2.37. The van der Waals surface area contributed by atoms with E-state index in [0.29, 0.717) is 12.6 Å². The third-order valence-electron chi connectivity index (χ3n) is 4.38. The number of piperidine rings is 1. The monoisotopic (exact) mass is 317 g/mol. The Bertz CT molecular complexity index is 432. The van der Waals surface area contributed by atoms with Crippen molar-refractivity contribution in [2.45, 2.75) is 83.3 Å². The van der Waals surface area contributed by atoms with Crippen LogP contribution < -0.4 is 10.0 Å². The molecule has 1 aliphatic heterocycles. The van der Waals surface area contributed by atoms with Crippen LogP contribution in [0.1, 0.15) is 65.7 Å². The van der Waals surface area contributed by atoms with E-state index < -0.39 is 10.2 Å². The van der Waals surface area contributed by atoms with E-state index in [9.17, 15) is 8.42 Å². The van der Waals surface area contributed by atoms with Gasteiger partial charge in [-0.05, 0) is 46.0 Å². The van der Waals surface area contributed by atoms with Gasteiger partial charge >= 0.3 is 0 Å². The number of nitrogens with one attached hydrogen (secondary N) is 2. The van der Waals surface area contributed by atoms with Crippen LogP contribution in [0.2, 0.25) is 0 Å². The fourth-order valence-corrected chi connectivity index (χ4v) is 5.03. The lowest BCUT2D eigenvalue weighted by atomic mass is 10.0. The molecule has 2 rings (SSSR count). The third-order valence-corrected chi connectivity index (χ3v) is 6.29. The zero-order valence-electron chi connectivity index (χ0n) is 13.7. The Labute approximate surface area is 130 Å². The van der Waals surface area contributed by atoms with Crippen LogP contribution in [-0.4, -0.2) is 43.4 Å². The number of rotatable bonds is 8. The molecule has 1 atom stereocenters. The predicted molar refractivity (Wildman–Crippen MR) is 86.4 cm³/mol. The first-order valence-electron chi connectivity index (χ1n) is 8.38. The summed E-state index contributed by atoms with van der Waals surface area (Å²) in [4.78, 5) is 0. The molecule has 0 radical (unpaired) electrons. The van der Waals surface area contributed by atoms with Crippen molar-refractivity contribution in [3.8, 4) is 0 Å². The molecule has 21 heavy (non-hydrogen) atoms. The van der Waals surface area contributed by atoms with Gasteiger partial charge in [0, 0.05) is 30.7 Å². The molecule has 0 spiro atoms. The topological polar surface area (TPSA) is 61.4 Å². The van der Waals surface area contributed by atoms with Crippen molar-refractivity contribution in [1.82, 2.24) is 14.3 Å². The van der Waals surface area contributed by atoms with Crippen molar-refractivity contribution in [2.24, 2.45) is 0 Å². The largest absolute Gasteiger partial charge is 0.312 e. The molecule has 2 aliphatic rings. The third kappa shape index (κ3) is 5.20. The van der Waals surface area contributed by atoms with E-state index in [-0.39, 0.29) is 11.6 Å². The summed E-state index contributed by atoms with van der Waals surface area (Å²) in [7, 11) is -3.40. The second-order valence-electron chi connectivity index (χ2n) is 7.18. The van der Waals surface area contributed by atoms with Gasteiger partial charge in [-0.25, -0.2) is 0 Å². The summed E-state index contributed by atoms with van der Waals surface area (Å²) < 4.78 is 30.1. The smallest absolute Gasteiger partial charge is 0.280 e. The van der Waals surface area contributed by atoms with Crippen LogP contribution in [0.15, 0.2) is 0 Å². The van der Waals surface area contributed by atoms with E-state index in [4.69, 9.17) is 0 Å². The zero-order chi connectivity index (χ0) is 15.5. The molecule has 0 amide bonds. The first-order valence-corrected chi connectivity index (χ1v) is 9.82. The van der Waals surface area contributed by atoms with Gasteiger partial charge in [0.05, 0.1) is 0 Å². The van der Waals surface area contributed by atoms with Crippen LogP contribution in [0.3, 0.4) is 0 Å². The van der Waals surface area contributed by atoms with E-state index in [1.54, 1.807) is 4.31 Å². The molecule has 1 heterocycles. The van der Waals surface area contributed by atoms with Gasteiger partial charge < -0.3 is 5.32 Å². The molecule has 0 aromatic rings. The molecule has 0 aromatic heterocycles. The second-order valence-corrected chi connectivity index (χ2v) is 8.81. The Hall–Kier alpha value is -0.170. The molecule has 0 bridgehead atoms. The highest BCUT2D eigenvalue weighted by molar-refractivity contribution is 7.87. The average Bonchev–Trinajstić information content (AvgIpc) is 3.19. The average molecular weight is 317 g/mol. The SMILES string of the molecule is CCCC(C)(C)NS(=O)(=O)N1CCCCC1CNC1CC1. The molecule has 124 valence electrons. The van der Waals surface area contributed by atoms with Crippen molar-refractivity contribution in [2.75, 3.05) is 13.1 Å². The highest BCUT2D eigenvalue weighted by atomic mass is 32.2. The van der Waals surface area contributed by atoms with Gasteiger partial charge in [0.1, 0.15) is 0 Å². The maximum Gasteiger partial charge on any atom is 0.280 e. The van der Waals surface area contributed by atoms with Crippen LogP contribution in [0.4, 0.5) is 0 Å². The fourth-order valence-electron chi connectivity index (χ4n) is 3.17. The van der Waals surface area contributed by atoms with Crippen molar-refractivity contribution in [1.29, 1.82) is 0 Å². The maximum absolute atomic E-state index is 12.7. The van der Waals surface area contributed by atoms with E-state index in [2.05, 4.69) is 17.0 Å². The molecule has 1 unspecified atom stereocenters. The lowest BCUT2D eigenvalue weighted by Crippen LogP contribution is -2.56. The first kappa shape index (κ1) is 17.2. The number of nitrogens with zero attached hydrogens (tertiary/aromatic N) is 1. The number of hydrogen-bond acceptors (Lipinski definition) is 3. The van der Waals surface area contributed by atoms with E-state index >= 15 is 0 Å². The van der Waals surface area contributed by atoms with Gasteiger partial charge in [0.25, 0.3) is 10.2 Å². The first-order chi connectivity index (χ1) is 9.84. The summed E-state index contributed by atoms with van der Waals surface area (Å²) in [6.07, 6.45) is 7.36. The Morgan fingerprint density at radius 1 is 1.19 bits per heavy atom. The molecule has 2 fully saturated rings. The van der Waals surface area contributed by atoms with Crippen molar-refractivity contribution >= 4 is 10.2 Å². The molecular weight excluding hydrogens is 286 g/mol. The van der Waals surface area contributed by atoms with Gasteiger partial charge in [-0.3, -0.25) is 0 Å². The number of hydrogen-bond donors (Lipinski definition) is 2. The van der Waals surface area contributed by atoms with E-state index in [0.717, 1.165) is 38.6 Å². The summed E-state index contributed by atoms with van der Waals surface area (Å²) >= 11 is 0. The fraction of sp³-hybridized carbons (Fsp3) is 1.00. The standard InChI is InChI=1S/C15H31N3O2S/c1-4-10-15(2,3)17-21(19,20)18-11-6-5-7-14(18)12-16-13-8-9-13/h13-14,16-17H,4-12H2,1-3H3. The second kappa shape index (κ2) is 6.94. The van der Waals surface area contributed by atoms with Crippen molar-refractivity contribution < 1.29 is 8.42 Å². The normalized spacial score (nSPS) is 25.2. The molecule has 1 saturated carbocycles. The Morgan fingerprint density at radius 2 is 1.90 bits per heavy atom. The van der Waals surface area contributed by atoms with E-state index in [1.165, 1.54) is 12.8 Å². The Balaban J connectivity index is 1.99. The Kier molecular flexibility index (Phi) is 5.68. The highest BCUT2D eigenvalue weighted by Gasteiger charge is 2.36. The minimum atomic E-state index is -3.40.